The Bertz CT molecular complexity index is 625. The predicted molar refractivity (Wildman–Crippen MR) is 81.2 cm³/mol. The molecule has 4 nitrogen and oxygen atoms in total. The number of thioether (sulfide) groups is 1. The van der Waals surface area contributed by atoms with E-state index < -0.39 is 0 Å². The molecule has 104 valence electrons. The zero-order valence-electron chi connectivity index (χ0n) is 11.6. The Hall–Kier alpha value is -1.75. The van der Waals surface area contributed by atoms with Crippen LogP contribution in [0.1, 0.15) is 16.8 Å². The maximum Gasteiger partial charge on any atom is 0.189 e. The molecule has 1 atom stereocenters. The van der Waals surface area contributed by atoms with Gasteiger partial charge in [0.1, 0.15) is 17.7 Å². The van der Waals surface area contributed by atoms with Crippen molar-refractivity contribution in [1.82, 2.24) is 9.97 Å². The molecule has 1 aliphatic rings. The number of nitrogens with two attached hydrogens (primary N) is 1. The number of hydrogen-bond donors (Lipinski definition) is 1. The van der Waals surface area contributed by atoms with Gasteiger partial charge in [0.05, 0.1) is 0 Å². The van der Waals surface area contributed by atoms with E-state index >= 15 is 0 Å². The fraction of sp³-hybridized carbons (Fsp3) is 0.333. The summed E-state index contributed by atoms with van der Waals surface area (Å²) in [6.07, 6.45) is 1.13. The van der Waals surface area contributed by atoms with Gasteiger partial charge in [-0.3, -0.25) is 0 Å². The number of hydrogen-bond acceptors (Lipinski definition) is 5. The van der Waals surface area contributed by atoms with Crippen molar-refractivity contribution >= 4 is 17.6 Å². The summed E-state index contributed by atoms with van der Waals surface area (Å²) < 4.78 is 5.94. The van der Waals surface area contributed by atoms with Crippen molar-refractivity contribution in [3.8, 4) is 5.75 Å². The minimum absolute atomic E-state index is 0.183. The van der Waals surface area contributed by atoms with Gasteiger partial charge in [-0.1, -0.05) is 29.5 Å². The lowest BCUT2D eigenvalue weighted by Gasteiger charge is -2.09. The first-order valence-corrected chi connectivity index (χ1v) is 7.59. The summed E-state index contributed by atoms with van der Waals surface area (Å²) in [4.78, 5) is 8.61. The number of nitrogen functional groups attached to an aromatic ring is 1. The first-order valence-electron chi connectivity index (χ1n) is 6.60. The molecular weight excluding hydrogens is 270 g/mol. The summed E-state index contributed by atoms with van der Waals surface area (Å²) in [7, 11) is 0. The molecule has 0 saturated heterocycles. The third-order valence-corrected chi connectivity index (χ3v) is 4.19. The maximum atomic E-state index is 5.94. The van der Waals surface area contributed by atoms with Crippen molar-refractivity contribution < 1.29 is 4.74 Å². The van der Waals surface area contributed by atoms with E-state index in [0.717, 1.165) is 28.8 Å². The molecule has 2 aromatic rings. The van der Waals surface area contributed by atoms with E-state index in [1.54, 1.807) is 17.8 Å². The molecule has 1 unspecified atom stereocenters. The van der Waals surface area contributed by atoms with Crippen LogP contribution in [0.3, 0.4) is 0 Å². The Balaban J connectivity index is 1.63. The second-order valence-corrected chi connectivity index (χ2v) is 6.07. The average Bonchev–Trinajstić information content (AvgIpc) is 2.77. The molecule has 0 aliphatic carbocycles. The van der Waals surface area contributed by atoms with Gasteiger partial charge >= 0.3 is 0 Å². The van der Waals surface area contributed by atoms with Gasteiger partial charge in [-0.2, -0.15) is 0 Å². The summed E-state index contributed by atoms with van der Waals surface area (Å²) in [6.45, 7) is 4.03. The highest BCUT2D eigenvalue weighted by molar-refractivity contribution is 7.99. The third-order valence-electron chi connectivity index (χ3n) is 3.21. The van der Waals surface area contributed by atoms with Crippen LogP contribution >= 0.6 is 11.8 Å². The standard InChI is InChI=1S/C15H17N3OS/c1-9-3-4-13-11(5-9)7-12(19-13)8-20-15-17-10(2)6-14(16)18-15/h3-6,12H,7-8H2,1-2H3,(H2,16,17,18). The predicted octanol–water partition coefficient (Wildman–Crippen LogP) is 2.77. The van der Waals surface area contributed by atoms with Crippen molar-refractivity contribution in [2.75, 3.05) is 11.5 Å². The van der Waals surface area contributed by atoms with Crippen LogP contribution in [0.2, 0.25) is 0 Å². The monoisotopic (exact) mass is 287 g/mol. The lowest BCUT2D eigenvalue weighted by Crippen LogP contribution is -2.16. The van der Waals surface area contributed by atoms with E-state index in [1.165, 1.54) is 11.1 Å². The molecule has 2 heterocycles. The van der Waals surface area contributed by atoms with E-state index in [4.69, 9.17) is 10.5 Å². The summed E-state index contributed by atoms with van der Waals surface area (Å²) in [5, 5.41) is 0.721. The van der Waals surface area contributed by atoms with Gasteiger partial charge in [-0.05, 0) is 25.5 Å². The highest BCUT2D eigenvalue weighted by Gasteiger charge is 2.23. The number of benzene rings is 1. The Morgan fingerprint density at radius 3 is 2.95 bits per heavy atom. The maximum absolute atomic E-state index is 5.94. The van der Waals surface area contributed by atoms with Crippen molar-refractivity contribution in [3.05, 3.63) is 41.1 Å². The third kappa shape index (κ3) is 2.88. The Labute approximate surface area is 122 Å². The second-order valence-electron chi connectivity index (χ2n) is 5.08. The molecular formula is C15H17N3OS. The minimum Gasteiger partial charge on any atom is -0.489 e. The van der Waals surface area contributed by atoms with Crippen LogP contribution < -0.4 is 10.5 Å². The molecule has 0 radical (unpaired) electrons. The van der Waals surface area contributed by atoms with Crippen LogP contribution in [0.4, 0.5) is 5.82 Å². The smallest absolute Gasteiger partial charge is 0.189 e. The molecule has 0 saturated carbocycles. The molecule has 1 aromatic carbocycles. The van der Waals surface area contributed by atoms with Crippen LogP contribution in [0.15, 0.2) is 29.4 Å². The zero-order chi connectivity index (χ0) is 14.1. The number of aromatic nitrogens is 2. The van der Waals surface area contributed by atoms with E-state index in [-0.39, 0.29) is 6.10 Å². The number of nitrogens with zero attached hydrogens (tertiary/aromatic N) is 2. The fourth-order valence-electron chi connectivity index (χ4n) is 2.34. The Morgan fingerprint density at radius 2 is 2.15 bits per heavy atom. The normalized spacial score (nSPS) is 16.8. The highest BCUT2D eigenvalue weighted by Crippen LogP contribution is 2.31. The summed E-state index contributed by atoms with van der Waals surface area (Å²) in [5.74, 6) is 2.36. The van der Waals surface area contributed by atoms with Crippen LogP contribution in [0, 0.1) is 13.8 Å². The zero-order valence-corrected chi connectivity index (χ0v) is 12.4. The molecule has 1 aromatic heterocycles. The quantitative estimate of drug-likeness (QED) is 0.695. The molecule has 0 amide bonds. The fourth-order valence-corrected chi connectivity index (χ4v) is 3.24. The van der Waals surface area contributed by atoms with Crippen LogP contribution in [0.25, 0.3) is 0 Å². The minimum atomic E-state index is 0.183. The first kappa shape index (κ1) is 13.2. The molecule has 0 spiro atoms. The van der Waals surface area contributed by atoms with Crippen molar-refractivity contribution in [2.24, 2.45) is 0 Å². The van der Waals surface area contributed by atoms with Gasteiger partial charge in [0.2, 0.25) is 0 Å². The second kappa shape index (κ2) is 5.32. The molecule has 0 fully saturated rings. The van der Waals surface area contributed by atoms with E-state index in [9.17, 15) is 0 Å². The Morgan fingerprint density at radius 1 is 1.30 bits per heavy atom. The van der Waals surface area contributed by atoms with Gasteiger partial charge in [0.25, 0.3) is 0 Å². The molecule has 0 bridgehead atoms. The molecule has 5 heteroatoms. The number of ether oxygens (including phenoxy) is 1. The summed E-state index contributed by atoms with van der Waals surface area (Å²) in [6, 6.07) is 8.10. The number of aryl methyl sites for hydroxylation is 2. The first-order chi connectivity index (χ1) is 9.60. The number of rotatable bonds is 3. The van der Waals surface area contributed by atoms with E-state index in [1.807, 2.05) is 6.92 Å². The van der Waals surface area contributed by atoms with Gasteiger partial charge in [-0.15, -0.1) is 0 Å². The van der Waals surface area contributed by atoms with E-state index in [0.29, 0.717) is 5.82 Å². The van der Waals surface area contributed by atoms with Crippen LogP contribution in [-0.4, -0.2) is 21.8 Å². The van der Waals surface area contributed by atoms with Gasteiger partial charge in [0.15, 0.2) is 5.16 Å². The summed E-state index contributed by atoms with van der Waals surface area (Å²) in [5.41, 5.74) is 9.19. The van der Waals surface area contributed by atoms with Crippen molar-refractivity contribution in [1.29, 1.82) is 0 Å². The van der Waals surface area contributed by atoms with Gasteiger partial charge < -0.3 is 10.5 Å². The van der Waals surface area contributed by atoms with E-state index in [2.05, 4.69) is 35.1 Å². The lowest BCUT2D eigenvalue weighted by molar-refractivity contribution is 0.259. The van der Waals surface area contributed by atoms with Crippen LogP contribution in [-0.2, 0) is 6.42 Å². The molecule has 2 N–H and O–H groups in total. The number of fused-ring (bicyclic) bond motifs is 1. The topological polar surface area (TPSA) is 61.0 Å². The number of anilines is 1. The largest absolute Gasteiger partial charge is 0.489 e. The molecule has 20 heavy (non-hydrogen) atoms. The van der Waals surface area contributed by atoms with Gasteiger partial charge in [0, 0.05) is 23.9 Å². The van der Waals surface area contributed by atoms with Crippen molar-refractivity contribution in [2.45, 2.75) is 31.5 Å². The van der Waals surface area contributed by atoms with Crippen molar-refractivity contribution in [3.63, 3.8) is 0 Å². The Kier molecular flexibility index (Phi) is 3.53. The van der Waals surface area contributed by atoms with Crippen LogP contribution in [0.5, 0.6) is 5.75 Å². The molecule has 1 aliphatic heterocycles. The average molecular weight is 287 g/mol. The SMILES string of the molecule is Cc1ccc2c(c1)CC(CSc1nc(C)cc(N)n1)O2. The summed E-state index contributed by atoms with van der Waals surface area (Å²) >= 11 is 1.59. The molecule has 3 rings (SSSR count). The highest BCUT2D eigenvalue weighted by atomic mass is 32.2. The lowest BCUT2D eigenvalue weighted by atomic mass is 10.1. The van der Waals surface area contributed by atoms with Gasteiger partial charge in [-0.25, -0.2) is 9.97 Å².